The molecule has 13 heavy (non-hydrogen) atoms. The predicted octanol–water partition coefficient (Wildman–Crippen LogP) is 1.35. The van der Waals surface area contributed by atoms with Crippen molar-refractivity contribution in [2.75, 3.05) is 18.5 Å². The molecule has 0 saturated heterocycles. The van der Waals surface area contributed by atoms with Gasteiger partial charge in [-0.1, -0.05) is 0 Å². The molecule has 4 N–H and O–H groups in total. The highest BCUT2D eigenvalue weighted by molar-refractivity contribution is 5.89. The molecule has 0 amide bonds. The van der Waals surface area contributed by atoms with Crippen molar-refractivity contribution in [3.8, 4) is 0 Å². The molecule has 70 valence electrons. The first-order chi connectivity index (χ1) is 6.07. The molecule has 0 aromatic heterocycles. The van der Waals surface area contributed by atoms with Crippen LogP contribution in [0.2, 0.25) is 0 Å². The zero-order valence-corrected chi connectivity index (χ0v) is 7.63. The van der Waals surface area contributed by atoms with E-state index in [2.05, 4.69) is 4.99 Å². The number of hydrogen-bond acceptors (Lipinski definition) is 3. The fourth-order valence-corrected chi connectivity index (χ4v) is 1.11. The normalized spacial score (nSPS) is 11.0. The minimum Gasteiger partial charge on any atom is -0.398 e. The summed E-state index contributed by atoms with van der Waals surface area (Å²) < 4.78 is 13.2. The van der Waals surface area contributed by atoms with Gasteiger partial charge in [0.15, 0.2) is 5.82 Å². The molecule has 0 heterocycles. The third-order valence-corrected chi connectivity index (χ3v) is 1.88. The third kappa shape index (κ3) is 1.61. The first-order valence-corrected chi connectivity index (χ1v) is 3.84. The van der Waals surface area contributed by atoms with Gasteiger partial charge in [0.1, 0.15) is 0 Å². The lowest BCUT2D eigenvalue weighted by molar-refractivity contribution is 0.624. The highest BCUT2D eigenvalue weighted by atomic mass is 19.1. The largest absolute Gasteiger partial charge is 0.398 e. The van der Waals surface area contributed by atoms with E-state index in [9.17, 15) is 4.39 Å². The topological polar surface area (TPSA) is 64.4 Å². The van der Waals surface area contributed by atoms with Crippen molar-refractivity contribution in [2.24, 2.45) is 4.99 Å². The third-order valence-electron chi connectivity index (χ3n) is 1.88. The number of benzene rings is 1. The van der Waals surface area contributed by atoms with Gasteiger partial charge < -0.3 is 11.5 Å². The van der Waals surface area contributed by atoms with Gasteiger partial charge in [0.25, 0.3) is 0 Å². The Hall–Kier alpha value is -1.58. The summed E-state index contributed by atoms with van der Waals surface area (Å²) in [7, 11) is 1.62. The summed E-state index contributed by atoms with van der Waals surface area (Å²) in [4.78, 5) is 3.80. The number of nitrogens with two attached hydrogens (primary N) is 2. The number of rotatable bonds is 1. The summed E-state index contributed by atoms with van der Waals surface area (Å²) in [5, 5.41) is 0. The summed E-state index contributed by atoms with van der Waals surface area (Å²) in [6.45, 7) is 1.59. The number of anilines is 2. The lowest BCUT2D eigenvalue weighted by Gasteiger charge is -2.07. The lowest BCUT2D eigenvalue weighted by atomic mass is 10.1. The van der Waals surface area contributed by atoms with Crippen molar-refractivity contribution in [3.05, 3.63) is 23.0 Å². The molecule has 0 saturated carbocycles. The molecular formula is C9H12FN3. The SMILES string of the molecule is CN=Cc1cc(N)c(F)c(C)c1N. The van der Waals surface area contributed by atoms with Crippen LogP contribution in [-0.2, 0) is 0 Å². The second kappa shape index (κ2) is 3.43. The van der Waals surface area contributed by atoms with Crippen molar-refractivity contribution in [2.45, 2.75) is 6.92 Å². The highest BCUT2D eigenvalue weighted by Crippen LogP contribution is 2.23. The van der Waals surface area contributed by atoms with E-state index in [4.69, 9.17) is 11.5 Å². The van der Waals surface area contributed by atoms with Gasteiger partial charge in [-0.3, -0.25) is 4.99 Å². The first-order valence-electron chi connectivity index (χ1n) is 3.84. The maximum atomic E-state index is 13.2. The van der Waals surface area contributed by atoms with E-state index >= 15 is 0 Å². The average molecular weight is 181 g/mol. The maximum Gasteiger partial charge on any atom is 0.151 e. The van der Waals surface area contributed by atoms with E-state index in [1.807, 2.05) is 0 Å². The van der Waals surface area contributed by atoms with Crippen LogP contribution < -0.4 is 11.5 Å². The zero-order valence-electron chi connectivity index (χ0n) is 7.63. The summed E-state index contributed by atoms with van der Waals surface area (Å²) in [6.07, 6.45) is 1.55. The van der Waals surface area contributed by atoms with Crippen LogP contribution >= 0.6 is 0 Å². The predicted molar refractivity (Wildman–Crippen MR) is 53.5 cm³/mol. The minimum absolute atomic E-state index is 0.0987. The Bertz CT molecular complexity index is 358. The van der Waals surface area contributed by atoms with Crippen molar-refractivity contribution >= 4 is 17.6 Å². The van der Waals surface area contributed by atoms with Crippen molar-refractivity contribution in [3.63, 3.8) is 0 Å². The van der Waals surface area contributed by atoms with Gasteiger partial charge >= 0.3 is 0 Å². The quantitative estimate of drug-likeness (QED) is 0.507. The summed E-state index contributed by atoms with van der Waals surface area (Å²) in [5.41, 5.74) is 12.6. The van der Waals surface area contributed by atoms with Crippen LogP contribution in [0.3, 0.4) is 0 Å². The molecule has 0 spiro atoms. The van der Waals surface area contributed by atoms with Gasteiger partial charge in [-0.15, -0.1) is 0 Å². The Balaban J connectivity index is 3.40. The average Bonchev–Trinajstić information content (AvgIpc) is 2.11. The molecule has 1 aromatic rings. The van der Waals surface area contributed by atoms with Crippen molar-refractivity contribution < 1.29 is 4.39 Å². The van der Waals surface area contributed by atoms with Crippen LogP contribution in [0.5, 0.6) is 0 Å². The second-order valence-electron chi connectivity index (χ2n) is 2.79. The maximum absolute atomic E-state index is 13.2. The monoisotopic (exact) mass is 181 g/mol. The Morgan fingerprint density at radius 2 is 2.08 bits per heavy atom. The van der Waals surface area contributed by atoms with Crippen LogP contribution in [0.15, 0.2) is 11.1 Å². The number of hydrogen-bond donors (Lipinski definition) is 2. The number of halogens is 1. The molecule has 4 heteroatoms. The van der Waals surface area contributed by atoms with E-state index in [0.717, 1.165) is 0 Å². The van der Waals surface area contributed by atoms with Crippen molar-refractivity contribution in [1.29, 1.82) is 0 Å². The first kappa shape index (κ1) is 9.51. The molecule has 3 nitrogen and oxygen atoms in total. The zero-order chi connectivity index (χ0) is 10.0. The molecular weight excluding hydrogens is 169 g/mol. The minimum atomic E-state index is -0.453. The number of nitrogen functional groups attached to an aromatic ring is 2. The number of aliphatic imine (C=N–C) groups is 1. The van der Waals surface area contributed by atoms with Crippen LogP contribution in [0.1, 0.15) is 11.1 Å². The van der Waals surface area contributed by atoms with Gasteiger partial charge in [-0.25, -0.2) is 4.39 Å². The summed E-state index contributed by atoms with van der Waals surface area (Å²) >= 11 is 0. The van der Waals surface area contributed by atoms with Crippen molar-refractivity contribution in [1.82, 2.24) is 0 Å². The van der Waals surface area contributed by atoms with Crippen LogP contribution in [0.4, 0.5) is 15.8 Å². The fraction of sp³-hybridized carbons (Fsp3) is 0.222. The smallest absolute Gasteiger partial charge is 0.151 e. The molecule has 0 fully saturated rings. The van der Waals surface area contributed by atoms with Gasteiger partial charge in [-0.2, -0.15) is 0 Å². The van der Waals surface area contributed by atoms with E-state index in [-0.39, 0.29) is 5.69 Å². The molecule has 0 aliphatic rings. The van der Waals surface area contributed by atoms with Gasteiger partial charge in [0.2, 0.25) is 0 Å². The Labute approximate surface area is 76.3 Å². The second-order valence-corrected chi connectivity index (χ2v) is 2.79. The summed E-state index contributed by atoms with van der Waals surface area (Å²) in [5.74, 6) is -0.453. The standard InChI is InChI=1S/C9H12FN3/c1-5-8(10)7(11)3-6(4-13-2)9(5)12/h3-4H,11-12H2,1-2H3. The molecule has 1 aromatic carbocycles. The van der Waals surface area contributed by atoms with Gasteiger partial charge in [-0.05, 0) is 13.0 Å². The van der Waals surface area contributed by atoms with E-state index in [1.54, 1.807) is 20.2 Å². The highest BCUT2D eigenvalue weighted by Gasteiger charge is 2.09. The molecule has 0 unspecified atom stereocenters. The lowest BCUT2D eigenvalue weighted by Crippen LogP contribution is -2.03. The van der Waals surface area contributed by atoms with Crippen LogP contribution in [0, 0.1) is 12.7 Å². The molecule has 0 aliphatic carbocycles. The van der Waals surface area contributed by atoms with E-state index in [1.165, 1.54) is 6.07 Å². The molecule has 0 aliphatic heterocycles. The summed E-state index contributed by atoms with van der Waals surface area (Å²) in [6, 6.07) is 1.48. The van der Waals surface area contributed by atoms with Crippen LogP contribution in [-0.4, -0.2) is 13.3 Å². The molecule has 1 rings (SSSR count). The van der Waals surface area contributed by atoms with Gasteiger partial charge in [0, 0.05) is 30.1 Å². The Morgan fingerprint density at radius 1 is 1.46 bits per heavy atom. The van der Waals surface area contributed by atoms with E-state index in [0.29, 0.717) is 16.8 Å². The van der Waals surface area contributed by atoms with Gasteiger partial charge in [0.05, 0.1) is 5.69 Å². The molecule has 0 bridgehead atoms. The molecule has 0 radical (unpaired) electrons. The molecule has 0 atom stereocenters. The Kier molecular flexibility index (Phi) is 2.51. The Morgan fingerprint density at radius 3 is 2.62 bits per heavy atom. The number of nitrogens with zero attached hydrogens (tertiary/aromatic N) is 1. The van der Waals surface area contributed by atoms with E-state index < -0.39 is 5.82 Å². The van der Waals surface area contributed by atoms with Crippen LogP contribution in [0.25, 0.3) is 0 Å². The fourth-order valence-electron chi connectivity index (χ4n) is 1.11.